The maximum atomic E-state index is 14.9. The second-order valence-electron chi connectivity index (χ2n) is 9.22. The Hall–Kier alpha value is -2.42. The molecule has 3 rings (SSSR count). The fourth-order valence-corrected chi connectivity index (χ4v) is 4.82. The summed E-state index contributed by atoms with van der Waals surface area (Å²) in [5.74, 6) is 0.182. The molecule has 0 heterocycles. The predicted molar refractivity (Wildman–Crippen MR) is 123 cm³/mol. The molecule has 2 aromatic carbocycles. The summed E-state index contributed by atoms with van der Waals surface area (Å²) in [4.78, 5) is 0. The van der Waals surface area contributed by atoms with E-state index in [4.69, 9.17) is 0 Å². The fraction of sp³-hybridized carbons (Fsp3) is 0.500. The first kappa shape index (κ1) is 26.2. The molecule has 34 heavy (non-hydrogen) atoms. The smallest absolute Gasteiger partial charge is 0.206 e. The van der Waals surface area contributed by atoms with Crippen LogP contribution in [0.5, 0.6) is 0 Å². The quantitative estimate of drug-likeness (QED) is 0.201. The van der Waals surface area contributed by atoms with Gasteiger partial charge in [0.05, 0.1) is 5.56 Å². The average Bonchev–Trinajstić information content (AvgIpc) is 2.78. The molecule has 0 saturated heterocycles. The van der Waals surface area contributed by atoms with E-state index in [0.29, 0.717) is 0 Å². The van der Waals surface area contributed by atoms with E-state index < -0.39 is 29.2 Å². The molecule has 0 aliphatic heterocycles. The minimum atomic E-state index is -4.87. The monoisotopic (exact) mass is 480 g/mol. The summed E-state index contributed by atoms with van der Waals surface area (Å²) in [6.45, 7) is 2.21. The summed E-state index contributed by atoms with van der Waals surface area (Å²) in [6.07, 6.45) is 7.02. The molecule has 0 spiro atoms. The third-order valence-electron chi connectivity index (χ3n) is 6.71. The summed E-state index contributed by atoms with van der Waals surface area (Å²) in [6, 6.07) is 6.31. The van der Waals surface area contributed by atoms with Crippen LogP contribution in [0.15, 0.2) is 30.3 Å². The molecular formula is C28H30F6. The molecule has 6 heteroatoms. The van der Waals surface area contributed by atoms with Gasteiger partial charge in [-0.2, -0.15) is 13.2 Å². The van der Waals surface area contributed by atoms with E-state index in [1.54, 1.807) is 6.07 Å². The van der Waals surface area contributed by atoms with Crippen LogP contribution in [0.25, 0.3) is 11.1 Å². The lowest BCUT2D eigenvalue weighted by Crippen LogP contribution is -2.13. The minimum Gasteiger partial charge on any atom is -0.206 e. The van der Waals surface area contributed by atoms with Gasteiger partial charge in [0, 0.05) is 11.5 Å². The second kappa shape index (κ2) is 11.8. The van der Waals surface area contributed by atoms with E-state index in [-0.39, 0.29) is 17.0 Å². The summed E-state index contributed by atoms with van der Waals surface area (Å²) >= 11 is 0. The summed E-state index contributed by atoms with van der Waals surface area (Å²) in [7, 11) is 0. The number of halogens is 6. The van der Waals surface area contributed by atoms with Crippen molar-refractivity contribution < 1.29 is 26.3 Å². The van der Waals surface area contributed by atoms with Crippen molar-refractivity contribution in [1.82, 2.24) is 0 Å². The van der Waals surface area contributed by atoms with Crippen LogP contribution in [0, 0.1) is 35.2 Å². The topological polar surface area (TPSA) is 0 Å². The molecule has 0 amide bonds. The number of unbranched alkanes of at least 4 members (excludes halogenated alkanes) is 4. The predicted octanol–water partition coefficient (Wildman–Crippen LogP) is 9.32. The maximum absolute atomic E-state index is 14.9. The lowest BCUT2D eigenvalue weighted by atomic mass is 9.77. The fourth-order valence-electron chi connectivity index (χ4n) is 4.82. The summed E-state index contributed by atoms with van der Waals surface area (Å²) < 4.78 is 80.1. The standard InChI is InChI=1S/C28H30F6/c1-2-3-4-5-6-7-19-8-10-20(11-9-19)21-12-13-23(25(29)16-21)22-17-26(30)24(27(31)18-22)14-15-28(32,33)34/h12-13,16-20H,2-11H2,1H3. The van der Waals surface area contributed by atoms with Crippen LogP contribution < -0.4 is 0 Å². The van der Waals surface area contributed by atoms with Gasteiger partial charge in [-0.05, 0) is 66.8 Å². The molecule has 0 atom stereocenters. The number of rotatable bonds is 8. The summed E-state index contributed by atoms with van der Waals surface area (Å²) in [5.41, 5.74) is -0.197. The Labute approximate surface area is 197 Å². The highest BCUT2D eigenvalue weighted by molar-refractivity contribution is 5.66. The van der Waals surface area contributed by atoms with E-state index in [2.05, 4.69) is 6.92 Å². The van der Waals surface area contributed by atoms with Crippen molar-refractivity contribution in [2.75, 3.05) is 0 Å². The van der Waals surface area contributed by atoms with Gasteiger partial charge in [-0.25, -0.2) is 13.2 Å². The molecule has 0 aromatic heterocycles. The molecule has 0 N–H and O–H groups in total. The molecule has 0 radical (unpaired) electrons. The van der Waals surface area contributed by atoms with Gasteiger partial charge >= 0.3 is 6.18 Å². The highest BCUT2D eigenvalue weighted by Crippen LogP contribution is 2.39. The average molecular weight is 481 g/mol. The number of hydrogen-bond acceptors (Lipinski definition) is 0. The van der Waals surface area contributed by atoms with Crippen molar-refractivity contribution in [3.8, 4) is 23.0 Å². The minimum absolute atomic E-state index is 0.00218. The van der Waals surface area contributed by atoms with Gasteiger partial charge in [-0.1, -0.05) is 63.5 Å². The second-order valence-corrected chi connectivity index (χ2v) is 9.22. The van der Waals surface area contributed by atoms with Crippen molar-refractivity contribution in [3.05, 3.63) is 58.9 Å². The third kappa shape index (κ3) is 7.29. The zero-order valence-electron chi connectivity index (χ0n) is 19.4. The first-order valence-electron chi connectivity index (χ1n) is 12.1. The molecule has 0 unspecified atom stereocenters. The van der Waals surface area contributed by atoms with Crippen LogP contribution in [0.2, 0.25) is 0 Å². The van der Waals surface area contributed by atoms with Gasteiger partial charge in [0.15, 0.2) is 0 Å². The molecule has 184 valence electrons. The van der Waals surface area contributed by atoms with E-state index in [1.165, 1.54) is 56.6 Å². The Bertz CT molecular complexity index is 996. The molecule has 2 aromatic rings. The Balaban J connectivity index is 1.65. The van der Waals surface area contributed by atoms with Crippen LogP contribution in [0.3, 0.4) is 0 Å². The normalized spacial score (nSPS) is 18.4. The van der Waals surface area contributed by atoms with Crippen molar-refractivity contribution in [2.24, 2.45) is 5.92 Å². The van der Waals surface area contributed by atoms with Gasteiger partial charge in [-0.15, -0.1) is 0 Å². The third-order valence-corrected chi connectivity index (χ3v) is 6.71. The molecule has 1 saturated carbocycles. The van der Waals surface area contributed by atoms with Crippen LogP contribution >= 0.6 is 0 Å². The van der Waals surface area contributed by atoms with Gasteiger partial charge in [0.2, 0.25) is 0 Å². The van der Waals surface area contributed by atoms with E-state index in [0.717, 1.165) is 55.2 Å². The van der Waals surface area contributed by atoms with Gasteiger partial charge in [0.25, 0.3) is 0 Å². The number of alkyl halides is 3. The zero-order valence-corrected chi connectivity index (χ0v) is 19.4. The zero-order chi connectivity index (χ0) is 24.7. The Morgan fingerprint density at radius 3 is 2.06 bits per heavy atom. The molecule has 1 aliphatic carbocycles. The largest absolute Gasteiger partial charge is 0.458 e. The Morgan fingerprint density at radius 2 is 1.47 bits per heavy atom. The number of benzene rings is 2. The van der Waals surface area contributed by atoms with Crippen LogP contribution in [0.4, 0.5) is 26.3 Å². The lowest BCUT2D eigenvalue weighted by Gasteiger charge is -2.29. The van der Waals surface area contributed by atoms with E-state index >= 15 is 0 Å². The lowest BCUT2D eigenvalue weighted by molar-refractivity contribution is -0.0696. The molecular weight excluding hydrogens is 450 g/mol. The van der Waals surface area contributed by atoms with E-state index in [1.807, 2.05) is 0 Å². The van der Waals surface area contributed by atoms with Crippen LogP contribution in [0.1, 0.15) is 88.2 Å². The van der Waals surface area contributed by atoms with Crippen LogP contribution in [-0.4, -0.2) is 6.18 Å². The molecule has 1 aliphatic rings. The van der Waals surface area contributed by atoms with Crippen molar-refractivity contribution in [1.29, 1.82) is 0 Å². The van der Waals surface area contributed by atoms with E-state index in [9.17, 15) is 26.3 Å². The summed E-state index contributed by atoms with van der Waals surface area (Å²) in [5, 5.41) is 0. The van der Waals surface area contributed by atoms with Gasteiger partial charge in [0.1, 0.15) is 17.5 Å². The maximum Gasteiger partial charge on any atom is 0.458 e. The van der Waals surface area contributed by atoms with Gasteiger partial charge in [-0.3, -0.25) is 0 Å². The Kier molecular flexibility index (Phi) is 9.10. The molecule has 1 fully saturated rings. The first-order chi connectivity index (χ1) is 16.2. The van der Waals surface area contributed by atoms with Gasteiger partial charge < -0.3 is 0 Å². The van der Waals surface area contributed by atoms with Crippen molar-refractivity contribution in [2.45, 2.75) is 83.2 Å². The molecule has 0 nitrogen and oxygen atoms in total. The Morgan fingerprint density at radius 1 is 0.824 bits per heavy atom. The van der Waals surface area contributed by atoms with Crippen LogP contribution in [-0.2, 0) is 0 Å². The van der Waals surface area contributed by atoms with Crippen molar-refractivity contribution >= 4 is 0 Å². The highest BCUT2D eigenvalue weighted by Gasteiger charge is 2.25. The highest BCUT2D eigenvalue weighted by atomic mass is 19.4. The number of hydrogen-bond donors (Lipinski definition) is 0. The molecule has 0 bridgehead atoms. The van der Waals surface area contributed by atoms with Crippen molar-refractivity contribution in [3.63, 3.8) is 0 Å². The first-order valence-corrected chi connectivity index (χ1v) is 12.1. The SMILES string of the molecule is CCCCCCCC1CCC(c2ccc(-c3cc(F)c(C#CC(F)(F)F)c(F)c3)c(F)c2)CC1.